The average Bonchev–Trinajstić information content (AvgIpc) is 2.17. The smallest absolute Gasteiger partial charge is 0.222 e. The lowest BCUT2D eigenvalue weighted by atomic mass is 10.0. The minimum Gasteiger partial charge on any atom is -0.354 e. The van der Waals surface area contributed by atoms with Gasteiger partial charge in [0.15, 0.2) is 0 Å². The van der Waals surface area contributed by atoms with E-state index >= 15 is 0 Å². The first kappa shape index (κ1) is 11.9. The minimum atomic E-state index is -0.143. The Balaban J connectivity index is 2.38. The first-order chi connectivity index (χ1) is 7.01. The first-order valence-electron chi connectivity index (χ1n) is 5.35. The molecular formula is C11H20N4. The van der Waals surface area contributed by atoms with E-state index in [9.17, 15) is 0 Å². The Labute approximate surface area is 91.3 Å². The van der Waals surface area contributed by atoms with Crippen LogP contribution < -0.4 is 11.1 Å². The highest BCUT2D eigenvalue weighted by atomic mass is 15.1. The van der Waals surface area contributed by atoms with Crippen molar-refractivity contribution in [2.45, 2.75) is 39.2 Å². The van der Waals surface area contributed by atoms with Crippen LogP contribution in [0.5, 0.6) is 0 Å². The van der Waals surface area contributed by atoms with Crippen molar-refractivity contribution in [2.75, 3.05) is 11.9 Å². The molecule has 0 bridgehead atoms. The van der Waals surface area contributed by atoms with E-state index in [1.807, 2.05) is 26.2 Å². The first-order valence-corrected chi connectivity index (χ1v) is 5.35. The molecule has 0 saturated carbocycles. The molecule has 0 aromatic carbocycles. The highest BCUT2D eigenvalue weighted by Gasteiger charge is 2.09. The predicted molar refractivity (Wildman–Crippen MR) is 62.8 cm³/mol. The Hall–Kier alpha value is -1.16. The zero-order valence-corrected chi connectivity index (χ0v) is 9.75. The molecule has 0 spiro atoms. The van der Waals surface area contributed by atoms with E-state index in [1.54, 1.807) is 0 Å². The van der Waals surface area contributed by atoms with Gasteiger partial charge < -0.3 is 11.1 Å². The largest absolute Gasteiger partial charge is 0.354 e. The van der Waals surface area contributed by atoms with Crippen LogP contribution in [0.4, 0.5) is 5.95 Å². The van der Waals surface area contributed by atoms with Crippen molar-refractivity contribution in [1.29, 1.82) is 0 Å². The van der Waals surface area contributed by atoms with Gasteiger partial charge in [-0.05, 0) is 32.3 Å². The van der Waals surface area contributed by atoms with Gasteiger partial charge in [-0.1, -0.05) is 6.92 Å². The van der Waals surface area contributed by atoms with Gasteiger partial charge in [0.2, 0.25) is 5.95 Å². The standard InChI is InChI=1S/C11H20N4/c1-4-9-7-14-10(15-8-9)13-6-5-11(2,3)12/h7-8H,4-6,12H2,1-3H3,(H,13,14,15). The molecule has 0 radical (unpaired) electrons. The fraction of sp³-hybridized carbons (Fsp3) is 0.636. The maximum absolute atomic E-state index is 5.86. The van der Waals surface area contributed by atoms with Crippen molar-refractivity contribution in [3.8, 4) is 0 Å². The molecule has 0 atom stereocenters. The maximum atomic E-state index is 5.86. The summed E-state index contributed by atoms with van der Waals surface area (Å²) < 4.78 is 0. The number of hydrogen-bond donors (Lipinski definition) is 2. The lowest BCUT2D eigenvalue weighted by molar-refractivity contribution is 0.490. The van der Waals surface area contributed by atoms with Crippen LogP contribution in [0.25, 0.3) is 0 Å². The van der Waals surface area contributed by atoms with Crippen LogP contribution in [0.2, 0.25) is 0 Å². The summed E-state index contributed by atoms with van der Waals surface area (Å²) in [6.45, 7) is 6.91. The Kier molecular flexibility index (Phi) is 4.03. The number of nitrogens with zero attached hydrogens (tertiary/aromatic N) is 2. The normalized spacial score (nSPS) is 11.5. The van der Waals surface area contributed by atoms with Crippen molar-refractivity contribution in [3.05, 3.63) is 18.0 Å². The van der Waals surface area contributed by atoms with Crippen LogP contribution in [-0.4, -0.2) is 22.1 Å². The van der Waals surface area contributed by atoms with Gasteiger partial charge in [0.05, 0.1) is 0 Å². The molecule has 0 aliphatic heterocycles. The van der Waals surface area contributed by atoms with Crippen molar-refractivity contribution >= 4 is 5.95 Å². The van der Waals surface area contributed by atoms with Gasteiger partial charge in [0.1, 0.15) is 0 Å². The van der Waals surface area contributed by atoms with Gasteiger partial charge in [-0.2, -0.15) is 0 Å². The molecular weight excluding hydrogens is 188 g/mol. The van der Waals surface area contributed by atoms with Crippen LogP contribution >= 0.6 is 0 Å². The molecule has 84 valence electrons. The molecule has 3 N–H and O–H groups in total. The lowest BCUT2D eigenvalue weighted by Gasteiger charge is -2.18. The van der Waals surface area contributed by atoms with Crippen LogP contribution in [-0.2, 0) is 6.42 Å². The molecule has 15 heavy (non-hydrogen) atoms. The third-order valence-corrected chi connectivity index (χ3v) is 2.17. The topological polar surface area (TPSA) is 63.8 Å². The van der Waals surface area contributed by atoms with Gasteiger partial charge in [0, 0.05) is 24.5 Å². The average molecular weight is 208 g/mol. The van der Waals surface area contributed by atoms with E-state index in [0.717, 1.165) is 24.9 Å². The lowest BCUT2D eigenvalue weighted by Crippen LogP contribution is -2.34. The number of nitrogens with two attached hydrogens (primary N) is 1. The van der Waals surface area contributed by atoms with E-state index < -0.39 is 0 Å². The zero-order chi connectivity index (χ0) is 11.3. The summed E-state index contributed by atoms with van der Waals surface area (Å²) in [6, 6.07) is 0. The van der Waals surface area contributed by atoms with Crippen molar-refractivity contribution in [3.63, 3.8) is 0 Å². The summed E-state index contributed by atoms with van der Waals surface area (Å²) in [6.07, 6.45) is 5.56. The summed E-state index contributed by atoms with van der Waals surface area (Å²) in [5, 5.41) is 3.15. The zero-order valence-electron chi connectivity index (χ0n) is 9.75. The second kappa shape index (κ2) is 5.07. The van der Waals surface area contributed by atoms with Crippen LogP contribution in [0, 0.1) is 0 Å². The number of aryl methyl sites for hydroxylation is 1. The van der Waals surface area contributed by atoms with E-state index in [0.29, 0.717) is 5.95 Å². The van der Waals surface area contributed by atoms with Crippen LogP contribution in [0.3, 0.4) is 0 Å². The Bertz CT molecular complexity index is 286. The Morgan fingerprint density at radius 2 is 1.93 bits per heavy atom. The van der Waals surface area contributed by atoms with Gasteiger partial charge in [-0.25, -0.2) is 9.97 Å². The molecule has 1 aromatic rings. The van der Waals surface area contributed by atoms with Crippen molar-refractivity contribution < 1.29 is 0 Å². The molecule has 0 saturated heterocycles. The van der Waals surface area contributed by atoms with Crippen LogP contribution in [0.1, 0.15) is 32.8 Å². The molecule has 0 amide bonds. The summed E-state index contributed by atoms with van der Waals surface area (Å²) >= 11 is 0. The molecule has 0 aliphatic carbocycles. The summed E-state index contributed by atoms with van der Waals surface area (Å²) in [5.41, 5.74) is 6.87. The molecule has 0 aliphatic rings. The van der Waals surface area contributed by atoms with Gasteiger partial charge in [-0.3, -0.25) is 0 Å². The third kappa shape index (κ3) is 4.74. The molecule has 4 nitrogen and oxygen atoms in total. The van der Waals surface area contributed by atoms with Gasteiger partial charge in [0.25, 0.3) is 0 Å². The minimum absolute atomic E-state index is 0.143. The fourth-order valence-corrected chi connectivity index (χ4v) is 1.13. The molecule has 1 heterocycles. The number of anilines is 1. The number of rotatable bonds is 5. The van der Waals surface area contributed by atoms with E-state index in [1.165, 1.54) is 0 Å². The number of aromatic nitrogens is 2. The Morgan fingerprint density at radius 1 is 1.33 bits per heavy atom. The van der Waals surface area contributed by atoms with E-state index in [4.69, 9.17) is 5.73 Å². The monoisotopic (exact) mass is 208 g/mol. The Morgan fingerprint density at radius 3 is 2.40 bits per heavy atom. The maximum Gasteiger partial charge on any atom is 0.222 e. The molecule has 1 rings (SSSR count). The number of nitrogens with one attached hydrogen (secondary N) is 1. The summed E-state index contributed by atoms with van der Waals surface area (Å²) in [7, 11) is 0. The predicted octanol–water partition coefficient (Wildman–Crippen LogP) is 1.58. The quantitative estimate of drug-likeness (QED) is 0.771. The highest BCUT2D eigenvalue weighted by Crippen LogP contribution is 2.05. The molecule has 0 fully saturated rings. The molecule has 4 heteroatoms. The SMILES string of the molecule is CCc1cnc(NCCC(C)(C)N)nc1. The molecule has 0 unspecified atom stereocenters. The van der Waals surface area contributed by atoms with Crippen LogP contribution in [0.15, 0.2) is 12.4 Å². The fourth-order valence-electron chi connectivity index (χ4n) is 1.13. The summed E-state index contributed by atoms with van der Waals surface area (Å²) in [4.78, 5) is 8.41. The summed E-state index contributed by atoms with van der Waals surface area (Å²) in [5.74, 6) is 0.677. The number of hydrogen-bond acceptors (Lipinski definition) is 4. The van der Waals surface area contributed by atoms with E-state index in [-0.39, 0.29) is 5.54 Å². The van der Waals surface area contributed by atoms with Crippen molar-refractivity contribution in [2.24, 2.45) is 5.73 Å². The second-order valence-corrected chi connectivity index (χ2v) is 4.43. The molecule has 1 aromatic heterocycles. The second-order valence-electron chi connectivity index (χ2n) is 4.43. The van der Waals surface area contributed by atoms with Gasteiger partial charge >= 0.3 is 0 Å². The van der Waals surface area contributed by atoms with Gasteiger partial charge in [-0.15, -0.1) is 0 Å². The van der Waals surface area contributed by atoms with E-state index in [2.05, 4.69) is 22.2 Å². The highest BCUT2D eigenvalue weighted by molar-refractivity contribution is 5.24. The third-order valence-electron chi connectivity index (χ3n) is 2.17. The van der Waals surface area contributed by atoms with Crippen molar-refractivity contribution in [1.82, 2.24) is 9.97 Å².